The number of amides is 1. The van der Waals surface area contributed by atoms with Crippen LogP contribution < -0.4 is 0 Å². The summed E-state index contributed by atoms with van der Waals surface area (Å²) >= 11 is 8.31. The van der Waals surface area contributed by atoms with Gasteiger partial charge in [-0.25, -0.2) is 8.42 Å². The number of piperazine rings is 1. The molecule has 1 aliphatic heterocycles. The lowest BCUT2D eigenvalue weighted by molar-refractivity contribution is -0.129. The standard InChI is InChI=1S/C16H20ClN5O3S3/c1-11-18-19-16(22(11)12-2-3-12)26-10-14(23)20-6-8-21(9-7-20)28(24,25)15-5-4-13(17)27-15/h4-5,12H,2-3,6-10H2,1H3. The van der Waals surface area contributed by atoms with Crippen LogP contribution in [0, 0.1) is 6.92 Å². The smallest absolute Gasteiger partial charge is 0.252 e. The van der Waals surface area contributed by atoms with Crippen molar-refractivity contribution in [1.29, 1.82) is 0 Å². The number of nitrogens with zero attached hydrogens (tertiary/aromatic N) is 5. The van der Waals surface area contributed by atoms with Crippen molar-refractivity contribution in [3.63, 3.8) is 0 Å². The van der Waals surface area contributed by atoms with Crippen LogP contribution >= 0.6 is 34.7 Å². The van der Waals surface area contributed by atoms with Crippen LogP contribution in [0.1, 0.15) is 24.7 Å². The van der Waals surface area contributed by atoms with Gasteiger partial charge in [-0.05, 0) is 31.9 Å². The molecule has 28 heavy (non-hydrogen) atoms. The van der Waals surface area contributed by atoms with Gasteiger partial charge in [0.05, 0.1) is 10.1 Å². The molecule has 1 aliphatic carbocycles. The number of thioether (sulfide) groups is 1. The molecule has 152 valence electrons. The lowest BCUT2D eigenvalue weighted by atomic mass is 10.3. The van der Waals surface area contributed by atoms with Gasteiger partial charge in [-0.15, -0.1) is 21.5 Å². The lowest BCUT2D eigenvalue weighted by Crippen LogP contribution is -2.50. The number of hydrogen-bond acceptors (Lipinski definition) is 7. The number of hydrogen-bond donors (Lipinski definition) is 0. The molecule has 0 bridgehead atoms. The minimum atomic E-state index is -3.55. The summed E-state index contributed by atoms with van der Waals surface area (Å²) in [6.07, 6.45) is 2.26. The molecule has 0 unspecified atom stereocenters. The molecule has 2 aliphatic rings. The maximum atomic E-state index is 12.6. The monoisotopic (exact) mass is 461 g/mol. The average Bonchev–Trinajstić information content (AvgIpc) is 3.30. The molecule has 0 spiro atoms. The van der Waals surface area contributed by atoms with Crippen LogP contribution in [0.25, 0.3) is 0 Å². The molecule has 3 heterocycles. The minimum absolute atomic E-state index is 0.00999. The van der Waals surface area contributed by atoms with Crippen molar-refractivity contribution in [1.82, 2.24) is 24.0 Å². The Hall–Kier alpha value is -1.14. The summed E-state index contributed by atoms with van der Waals surface area (Å²) in [6, 6.07) is 3.57. The highest BCUT2D eigenvalue weighted by Crippen LogP contribution is 2.38. The van der Waals surface area contributed by atoms with Gasteiger partial charge in [0.25, 0.3) is 10.0 Å². The molecule has 12 heteroatoms. The fourth-order valence-electron chi connectivity index (χ4n) is 3.16. The Morgan fingerprint density at radius 3 is 2.57 bits per heavy atom. The van der Waals surface area contributed by atoms with E-state index in [1.807, 2.05) is 6.92 Å². The van der Waals surface area contributed by atoms with Crippen LogP contribution in [0.4, 0.5) is 0 Å². The molecular formula is C16H20ClN5O3S3. The van der Waals surface area contributed by atoms with E-state index in [1.165, 1.54) is 22.1 Å². The first-order valence-electron chi connectivity index (χ1n) is 8.94. The van der Waals surface area contributed by atoms with Crippen LogP contribution in [0.15, 0.2) is 21.5 Å². The Balaban J connectivity index is 1.32. The summed E-state index contributed by atoms with van der Waals surface area (Å²) in [5.41, 5.74) is 0. The summed E-state index contributed by atoms with van der Waals surface area (Å²) in [5.74, 6) is 1.15. The van der Waals surface area contributed by atoms with Crippen LogP contribution in [0.5, 0.6) is 0 Å². The normalized spacial score (nSPS) is 18.6. The summed E-state index contributed by atoms with van der Waals surface area (Å²) < 4.78 is 29.5. The van der Waals surface area contributed by atoms with Crippen molar-refractivity contribution in [2.45, 2.75) is 35.2 Å². The molecule has 8 nitrogen and oxygen atoms in total. The van der Waals surface area contributed by atoms with Crippen molar-refractivity contribution in [3.8, 4) is 0 Å². The second-order valence-electron chi connectivity index (χ2n) is 6.76. The number of rotatable bonds is 6. The maximum Gasteiger partial charge on any atom is 0.252 e. The van der Waals surface area contributed by atoms with Gasteiger partial charge >= 0.3 is 0 Å². The molecule has 4 rings (SSSR count). The molecule has 0 aromatic carbocycles. The topological polar surface area (TPSA) is 88.4 Å². The van der Waals surface area contributed by atoms with Crippen LogP contribution in [-0.2, 0) is 14.8 Å². The van der Waals surface area contributed by atoms with Crippen molar-refractivity contribution >= 4 is 50.6 Å². The first kappa shape index (κ1) is 20.1. The Labute approximate surface area is 176 Å². The third-order valence-electron chi connectivity index (χ3n) is 4.81. The Bertz CT molecular complexity index is 978. The van der Waals surface area contributed by atoms with Gasteiger partial charge in [0.15, 0.2) is 5.16 Å². The average molecular weight is 462 g/mol. The molecule has 0 radical (unpaired) electrons. The number of halogens is 1. The molecule has 2 aromatic rings. The van der Waals surface area contributed by atoms with Gasteiger partial charge in [-0.2, -0.15) is 4.31 Å². The summed E-state index contributed by atoms with van der Waals surface area (Å²) in [7, 11) is -3.55. The maximum absolute atomic E-state index is 12.6. The number of carbonyl (C=O) groups is 1. The Kier molecular flexibility index (Phi) is 5.71. The SMILES string of the molecule is Cc1nnc(SCC(=O)N2CCN(S(=O)(=O)c3ccc(Cl)s3)CC2)n1C1CC1. The zero-order valence-corrected chi connectivity index (χ0v) is 18.5. The van der Waals surface area contributed by atoms with Crippen molar-refractivity contribution in [3.05, 3.63) is 22.3 Å². The summed E-state index contributed by atoms with van der Waals surface area (Å²) in [4.78, 5) is 14.3. The quantitative estimate of drug-likeness (QED) is 0.613. The fraction of sp³-hybridized carbons (Fsp3) is 0.562. The van der Waals surface area contributed by atoms with E-state index in [9.17, 15) is 13.2 Å². The Morgan fingerprint density at radius 2 is 1.96 bits per heavy atom. The number of carbonyl (C=O) groups excluding carboxylic acids is 1. The highest BCUT2D eigenvalue weighted by molar-refractivity contribution is 7.99. The highest BCUT2D eigenvalue weighted by Gasteiger charge is 2.32. The van der Waals surface area contributed by atoms with Crippen LogP contribution in [-0.4, -0.2) is 70.2 Å². The molecule has 0 atom stereocenters. The predicted octanol–water partition coefficient (Wildman–Crippen LogP) is 2.26. The third-order valence-corrected chi connectivity index (χ3v) is 9.33. The van der Waals surface area contributed by atoms with Crippen LogP contribution in [0.2, 0.25) is 4.34 Å². The van der Waals surface area contributed by atoms with E-state index in [4.69, 9.17) is 11.6 Å². The van der Waals surface area contributed by atoms with Crippen molar-refractivity contribution < 1.29 is 13.2 Å². The molecule has 2 fully saturated rings. The van der Waals surface area contributed by atoms with Crippen molar-refractivity contribution in [2.24, 2.45) is 0 Å². The summed E-state index contributed by atoms with van der Waals surface area (Å²) in [6.45, 7) is 3.26. The first-order valence-corrected chi connectivity index (χ1v) is 12.6. The van der Waals surface area contributed by atoms with E-state index >= 15 is 0 Å². The number of thiophene rings is 1. The van der Waals surface area contributed by atoms with Gasteiger partial charge < -0.3 is 9.47 Å². The number of aryl methyl sites for hydroxylation is 1. The predicted molar refractivity (Wildman–Crippen MR) is 108 cm³/mol. The second kappa shape index (κ2) is 7.94. The van der Waals surface area contributed by atoms with E-state index in [0.717, 1.165) is 35.2 Å². The van der Waals surface area contributed by atoms with Gasteiger partial charge in [0.1, 0.15) is 10.0 Å². The van der Waals surface area contributed by atoms with E-state index in [2.05, 4.69) is 14.8 Å². The van der Waals surface area contributed by atoms with E-state index in [1.54, 1.807) is 11.0 Å². The van der Waals surface area contributed by atoms with Gasteiger partial charge in [-0.3, -0.25) is 4.79 Å². The van der Waals surface area contributed by atoms with Gasteiger partial charge in [0, 0.05) is 32.2 Å². The molecule has 2 aromatic heterocycles. The third kappa shape index (κ3) is 4.09. The molecule has 1 saturated heterocycles. The Morgan fingerprint density at radius 1 is 1.25 bits per heavy atom. The highest BCUT2D eigenvalue weighted by atomic mass is 35.5. The van der Waals surface area contributed by atoms with E-state index in [-0.39, 0.29) is 29.0 Å². The number of sulfonamides is 1. The molecule has 1 amide bonds. The largest absolute Gasteiger partial charge is 0.339 e. The molecule has 0 N–H and O–H groups in total. The minimum Gasteiger partial charge on any atom is -0.339 e. The summed E-state index contributed by atoms with van der Waals surface area (Å²) in [5, 5.41) is 9.08. The van der Waals surface area contributed by atoms with Gasteiger partial charge in [-0.1, -0.05) is 23.4 Å². The lowest BCUT2D eigenvalue weighted by Gasteiger charge is -2.33. The molecular weight excluding hydrogens is 442 g/mol. The number of aromatic nitrogens is 3. The fourth-order valence-corrected chi connectivity index (χ4v) is 7.17. The van der Waals surface area contributed by atoms with Crippen molar-refractivity contribution in [2.75, 3.05) is 31.9 Å². The van der Waals surface area contributed by atoms with Gasteiger partial charge in [0.2, 0.25) is 5.91 Å². The second-order valence-corrected chi connectivity index (χ2v) is 11.6. The van der Waals surface area contributed by atoms with E-state index < -0.39 is 10.0 Å². The molecule has 1 saturated carbocycles. The zero-order valence-electron chi connectivity index (χ0n) is 15.2. The van der Waals surface area contributed by atoms with E-state index in [0.29, 0.717) is 23.5 Å². The van der Waals surface area contributed by atoms with Crippen LogP contribution in [0.3, 0.4) is 0 Å². The zero-order chi connectivity index (χ0) is 19.9. The first-order chi connectivity index (χ1) is 13.4.